The topological polar surface area (TPSA) is 98.7 Å². The average Bonchev–Trinajstić information content (AvgIpc) is 3.00. The third kappa shape index (κ3) is 3.81. The minimum absolute atomic E-state index is 0.119. The van der Waals surface area contributed by atoms with Crippen LogP contribution in [0.3, 0.4) is 0 Å². The molecule has 132 valence electrons. The fourth-order valence-electron chi connectivity index (χ4n) is 3.42. The molecule has 0 aromatic heterocycles. The minimum atomic E-state index is -0.993. The Bertz CT molecular complexity index is 689. The molecule has 0 unspecified atom stereocenters. The number of benzene rings is 1. The van der Waals surface area contributed by atoms with Gasteiger partial charge in [-0.1, -0.05) is 30.4 Å². The molecule has 0 saturated carbocycles. The number of carboxylic acids is 1. The van der Waals surface area contributed by atoms with Crippen LogP contribution in [0.15, 0.2) is 42.5 Å². The lowest BCUT2D eigenvalue weighted by Crippen LogP contribution is -2.55. The average molecular weight is 343 g/mol. The van der Waals surface area contributed by atoms with E-state index >= 15 is 0 Å². The maximum atomic E-state index is 12.9. The maximum Gasteiger partial charge on any atom is 0.326 e. The monoisotopic (exact) mass is 343 g/mol. The molecule has 3 amide bonds. The Morgan fingerprint density at radius 2 is 1.80 bits per heavy atom. The maximum absolute atomic E-state index is 12.9. The summed E-state index contributed by atoms with van der Waals surface area (Å²) in [5, 5.41) is 14.7. The summed E-state index contributed by atoms with van der Waals surface area (Å²) in [6, 6.07) is 6.73. The van der Waals surface area contributed by atoms with Crippen LogP contribution in [0.5, 0.6) is 0 Å². The van der Waals surface area contributed by atoms with Crippen LogP contribution in [0.1, 0.15) is 25.7 Å². The van der Waals surface area contributed by atoms with Crippen molar-refractivity contribution in [3.05, 3.63) is 42.5 Å². The predicted octanol–water partition coefficient (Wildman–Crippen LogP) is 1.97. The number of aliphatic carboxylic acids is 1. The number of carbonyl (C=O) groups is 3. The summed E-state index contributed by atoms with van der Waals surface area (Å²) in [6.07, 6.45) is 5.93. The van der Waals surface area contributed by atoms with Crippen LogP contribution in [0.2, 0.25) is 0 Å². The third-order valence-electron chi connectivity index (χ3n) is 4.62. The molecule has 3 atom stereocenters. The zero-order chi connectivity index (χ0) is 17.8. The lowest BCUT2D eigenvalue weighted by molar-refractivity contribution is -0.150. The molecule has 2 aliphatic heterocycles. The van der Waals surface area contributed by atoms with E-state index in [0.29, 0.717) is 31.4 Å². The number of urea groups is 1. The number of fused-ring (bicyclic) bond motifs is 1. The van der Waals surface area contributed by atoms with Gasteiger partial charge >= 0.3 is 12.0 Å². The molecule has 2 heterocycles. The summed E-state index contributed by atoms with van der Waals surface area (Å²) < 4.78 is 0. The molecule has 25 heavy (non-hydrogen) atoms. The van der Waals surface area contributed by atoms with Crippen LogP contribution in [0.4, 0.5) is 10.5 Å². The fraction of sp³-hybridized carbons (Fsp3) is 0.389. The molecule has 0 aliphatic carbocycles. The van der Waals surface area contributed by atoms with Crippen molar-refractivity contribution in [3.8, 4) is 0 Å². The minimum Gasteiger partial charge on any atom is -0.480 e. The van der Waals surface area contributed by atoms with E-state index in [1.54, 1.807) is 24.3 Å². The fourth-order valence-corrected chi connectivity index (χ4v) is 3.42. The number of anilines is 1. The first-order valence-corrected chi connectivity index (χ1v) is 8.39. The van der Waals surface area contributed by atoms with Gasteiger partial charge in [0.15, 0.2) is 0 Å². The molecule has 3 N–H and O–H groups in total. The van der Waals surface area contributed by atoms with Crippen LogP contribution in [0.25, 0.3) is 0 Å². The second-order valence-corrected chi connectivity index (χ2v) is 6.29. The van der Waals surface area contributed by atoms with Gasteiger partial charge in [0, 0.05) is 11.7 Å². The molecule has 2 aliphatic rings. The number of hydrogen-bond donors (Lipinski definition) is 3. The predicted molar refractivity (Wildman–Crippen MR) is 92.1 cm³/mol. The Kier molecular flexibility index (Phi) is 5.02. The highest BCUT2D eigenvalue weighted by molar-refractivity contribution is 5.95. The van der Waals surface area contributed by atoms with Crippen molar-refractivity contribution in [3.63, 3.8) is 0 Å². The first-order valence-electron chi connectivity index (χ1n) is 8.39. The van der Waals surface area contributed by atoms with Gasteiger partial charge < -0.3 is 20.6 Å². The van der Waals surface area contributed by atoms with Crippen molar-refractivity contribution in [2.45, 2.75) is 43.8 Å². The lowest BCUT2D eigenvalue weighted by Gasteiger charge is -2.32. The summed E-state index contributed by atoms with van der Waals surface area (Å²) in [5.41, 5.74) is 0.622. The van der Waals surface area contributed by atoms with E-state index in [9.17, 15) is 19.5 Å². The summed E-state index contributed by atoms with van der Waals surface area (Å²) in [6.45, 7) is 0. The molecule has 0 radical (unpaired) electrons. The molecule has 0 spiro atoms. The number of amides is 3. The van der Waals surface area contributed by atoms with E-state index in [2.05, 4.69) is 10.6 Å². The number of para-hydroxylation sites is 1. The van der Waals surface area contributed by atoms with E-state index in [1.165, 1.54) is 4.90 Å². The molecule has 1 fully saturated rings. The van der Waals surface area contributed by atoms with Gasteiger partial charge in [0.05, 0.1) is 0 Å². The second-order valence-electron chi connectivity index (χ2n) is 6.29. The Morgan fingerprint density at radius 3 is 2.52 bits per heavy atom. The largest absolute Gasteiger partial charge is 0.480 e. The third-order valence-corrected chi connectivity index (χ3v) is 4.62. The van der Waals surface area contributed by atoms with Crippen molar-refractivity contribution < 1.29 is 19.5 Å². The van der Waals surface area contributed by atoms with Crippen molar-refractivity contribution in [1.29, 1.82) is 0 Å². The Balaban J connectivity index is 1.72. The Labute approximate surface area is 145 Å². The number of nitrogens with zero attached hydrogens (tertiary/aromatic N) is 1. The van der Waals surface area contributed by atoms with Crippen molar-refractivity contribution >= 4 is 23.6 Å². The number of carbonyl (C=O) groups excluding carboxylic acids is 2. The number of carboxylic acid groups (broad SMARTS) is 1. The van der Waals surface area contributed by atoms with Crippen LogP contribution in [-0.2, 0) is 9.59 Å². The molecule has 1 saturated heterocycles. The number of hydrogen-bond acceptors (Lipinski definition) is 3. The quantitative estimate of drug-likeness (QED) is 0.731. The molecular formula is C18H21N3O4. The van der Waals surface area contributed by atoms with Gasteiger partial charge in [0.25, 0.3) is 0 Å². The van der Waals surface area contributed by atoms with Gasteiger partial charge in [-0.05, 0) is 37.8 Å². The van der Waals surface area contributed by atoms with Crippen LogP contribution in [-0.4, -0.2) is 46.0 Å². The van der Waals surface area contributed by atoms with Crippen molar-refractivity contribution in [2.75, 3.05) is 5.32 Å². The summed E-state index contributed by atoms with van der Waals surface area (Å²) in [4.78, 5) is 38.0. The summed E-state index contributed by atoms with van der Waals surface area (Å²) >= 11 is 0. The molecule has 7 nitrogen and oxygen atoms in total. The van der Waals surface area contributed by atoms with E-state index in [0.717, 1.165) is 0 Å². The molecule has 1 aromatic rings. The van der Waals surface area contributed by atoms with Gasteiger partial charge in [0.2, 0.25) is 5.91 Å². The number of rotatable bonds is 3. The highest BCUT2D eigenvalue weighted by Gasteiger charge is 2.43. The highest BCUT2D eigenvalue weighted by Crippen LogP contribution is 2.29. The molecule has 7 heteroatoms. The Morgan fingerprint density at radius 1 is 1.08 bits per heavy atom. The van der Waals surface area contributed by atoms with Crippen molar-refractivity contribution in [2.24, 2.45) is 0 Å². The zero-order valence-corrected chi connectivity index (χ0v) is 13.7. The van der Waals surface area contributed by atoms with Gasteiger partial charge in [0.1, 0.15) is 12.1 Å². The van der Waals surface area contributed by atoms with Gasteiger partial charge in [-0.3, -0.25) is 4.79 Å². The van der Waals surface area contributed by atoms with Crippen LogP contribution in [0, 0.1) is 0 Å². The molecular weight excluding hydrogens is 322 g/mol. The van der Waals surface area contributed by atoms with E-state index < -0.39 is 24.1 Å². The smallest absolute Gasteiger partial charge is 0.326 e. The Hall–Kier alpha value is -2.83. The van der Waals surface area contributed by atoms with Crippen LogP contribution >= 0.6 is 0 Å². The highest BCUT2D eigenvalue weighted by atomic mass is 16.4. The molecule has 3 rings (SSSR count). The second kappa shape index (κ2) is 7.38. The first-order chi connectivity index (χ1) is 12.1. The first kappa shape index (κ1) is 17.0. The normalized spacial score (nSPS) is 25.7. The zero-order valence-electron chi connectivity index (χ0n) is 13.7. The van der Waals surface area contributed by atoms with Gasteiger partial charge in [-0.25, -0.2) is 9.59 Å². The summed E-state index contributed by atoms with van der Waals surface area (Å²) in [7, 11) is 0. The van der Waals surface area contributed by atoms with Gasteiger partial charge in [-0.15, -0.1) is 0 Å². The van der Waals surface area contributed by atoms with Crippen molar-refractivity contribution in [1.82, 2.24) is 10.2 Å². The standard InChI is InChI=1S/C18H21N3O4/c22-16-14(20-18(25)19-12-6-2-1-3-7-12)9-5-4-8-13-10-11-15(17(23)24)21(13)16/h1-7,13-15H,8-11H2,(H,23,24)(H2,19,20,25)/t13-,14+,15+/m1/s1. The molecule has 1 aromatic carbocycles. The lowest BCUT2D eigenvalue weighted by atomic mass is 10.0. The van der Waals surface area contributed by atoms with E-state index in [4.69, 9.17) is 0 Å². The SMILES string of the molecule is O=C(Nc1ccccc1)N[C@H]1CC=CC[C@@H]2CC[C@@H](C(=O)O)N2C1=O. The van der Waals surface area contributed by atoms with Gasteiger partial charge in [-0.2, -0.15) is 0 Å². The number of nitrogens with one attached hydrogen (secondary N) is 2. The summed E-state index contributed by atoms with van der Waals surface area (Å²) in [5.74, 6) is -1.32. The molecule has 0 bridgehead atoms. The van der Waals surface area contributed by atoms with E-state index in [1.807, 2.05) is 18.2 Å². The van der Waals surface area contributed by atoms with E-state index in [-0.39, 0.29) is 11.9 Å². The van der Waals surface area contributed by atoms with Crippen LogP contribution < -0.4 is 10.6 Å².